The van der Waals surface area contributed by atoms with Crippen LogP contribution in [0.3, 0.4) is 0 Å². The quantitative estimate of drug-likeness (QED) is 0.793. The third-order valence-corrected chi connectivity index (χ3v) is 3.92. The number of likely N-dealkylation sites (N-methyl/N-ethyl adjacent to an activating group) is 2. The second-order valence-corrected chi connectivity index (χ2v) is 5.29. The molecule has 2 saturated heterocycles. The minimum Gasteiger partial charge on any atom is -0.304 e. The molecular weight excluding hydrogens is 272 g/mol. The maximum absolute atomic E-state index is 2.61. The summed E-state index contributed by atoms with van der Waals surface area (Å²) in [5.41, 5.74) is 0. The largest absolute Gasteiger partial charge is 0.304 e. The zero-order valence-corrected chi connectivity index (χ0v) is 16.9. The fraction of sp³-hybridized carbons (Fsp3) is 1.00. The summed E-state index contributed by atoms with van der Waals surface area (Å²) in [7, 11) is 4.44. The highest BCUT2D eigenvalue weighted by Crippen LogP contribution is 2.02. The van der Waals surface area contributed by atoms with Crippen molar-refractivity contribution in [3.05, 3.63) is 0 Å². The highest BCUT2D eigenvalue weighted by atomic mass is 15.3. The molecule has 4 nitrogen and oxygen atoms in total. The van der Waals surface area contributed by atoms with Crippen molar-refractivity contribution in [3.8, 4) is 0 Å². The maximum Gasteiger partial charge on any atom is 0.0110 e. The number of piperazine rings is 2. The molecule has 2 aliphatic rings. The van der Waals surface area contributed by atoms with Crippen LogP contribution in [0.1, 0.15) is 41.5 Å². The van der Waals surface area contributed by atoms with Crippen molar-refractivity contribution >= 4 is 0 Å². The molecule has 0 bridgehead atoms. The van der Waals surface area contributed by atoms with Crippen LogP contribution in [-0.2, 0) is 0 Å². The zero-order chi connectivity index (χ0) is 17.4. The molecule has 0 unspecified atom stereocenters. The second-order valence-electron chi connectivity index (χ2n) is 5.29. The number of rotatable bonds is 3. The van der Waals surface area contributed by atoms with Crippen LogP contribution in [0.15, 0.2) is 0 Å². The van der Waals surface area contributed by atoms with Gasteiger partial charge in [-0.3, -0.25) is 9.80 Å². The van der Waals surface area contributed by atoms with Gasteiger partial charge in [0.1, 0.15) is 0 Å². The number of hydrogen-bond acceptors (Lipinski definition) is 4. The Morgan fingerprint density at radius 1 is 0.455 bits per heavy atom. The number of nitrogens with zero attached hydrogens (tertiary/aromatic N) is 4. The maximum atomic E-state index is 2.61. The molecule has 0 amide bonds. The molecule has 0 radical (unpaired) electrons. The molecule has 0 aromatic rings. The molecule has 0 spiro atoms. The summed E-state index contributed by atoms with van der Waals surface area (Å²) >= 11 is 0. The lowest BCUT2D eigenvalue weighted by Gasteiger charge is -2.36. The second kappa shape index (κ2) is 17.2. The summed E-state index contributed by atoms with van der Waals surface area (Å²) in [5.74, 6) is 0. The Labute approximate surface area is 141 Å². The van der Waals surface area contributed by atoms with Gasteiger partial charge in [-0.05, 0) is 14.1 Å². The Kier molecular flexibility index (Phi) is 18.8. The van der Waals surface area contributed by atoms with E-state index in [-0.39, 0.29) is 0 Å². The summed E-state index contributed by atoms with van der Waals surface area (Å²) in [5, 5.41) is 0. The lowest BCUT2D eigenvalue weighted by Crippen LogP contribution is -2.50. The Balaban J connectivity index is 0. The van der Waals surface area contributed by atoms with E-state index >= 15 is 0 Å². The molecule has 0 aromatic carbocycles. The zero-order valence-electron chi connectivity index (χ0n) is 16.9. The van der Waals surface area contributed by atoms with E-state index in [9.17, 15) is 0 Å². The standard InChI is InChI=1S/C12H26N4.3C2H6/c1-13-3-7-15(8-4-13)11-12-16-9-5-14(2)6-10-16;3*1-2/h3-12H2,1-2H3;3*1-2H3. The van der Waals surface area contributed by atoms with Crippen molar-refractivity contribution in [1.82, 2.24) is 19.6 Å². The van der Waals surface area contributed by atoms with E-state index in [1.54, 1.807) is 0 Å². The smallest absolute Gasteiger partial charge is 0.0110 e. The third kappa shape index (κ3) is 11.4. The van der Waals surface area contributed by atoms with Crippen molar-refractivity contribution in [2.75, 3.05) is 79.5 Å². The van der Waals surface area contributed by atoms with E-state index in [0.717, 1.165) is 0 Å². The van der Waals surface area contributed by atoms with Crippen LogP contribution in [-0.4, -0.2) is 99.1 Å². The fourth-order valence-electron chi connectivity index (χ4n) is 2.43. The van der Waals surface area contributed by atoms with Crippen LogP contribution >= 0.6 is 0 Å². The normalized spacial score (nSPS) is 20.7. The van der Waals surface area contributed by atoms with Crippen molar-refractivity contribution in [1.29, 1.82) is 0 Å². The van der Waals surface area contributed by atoms with Crippen LogP contribution in [0, 0.1) is 0 Å². The van der Waals surface area contributed by atoms with Crippen molar-refractivity contribution in [2.45, 2.75) is 41.5 Å². The molecule has 136 valence electrons. The van der Waals surface area contributed by atoms with Gasteiger partial charge in [0.2, 0.25) is 0 Å². The van der Waals surface area contributed by atoms with Crippen molar-refractivity contribution < 1.29 is 0 Å². The van der Waals surface area contributed by atoms with Gasteiger partial charge in [-0.2, -0.15) is 0 Å². The molecule has 2 rings (SSSR count). The van der Waals surface area contributed by atoms with Crippen LogP contribution in [0.25, 0.3) is 0 Å². The molecule has 0 atom stereocenters. The van der Waals surface area contributed by atoms with Gasteiger partial charge in [-0.15, -0.1) is 0 Å². The molecule has 0 aromatic heterocycles. The average molecular weight is 317 g/mol. The molecule has 2 heterocycles. The molecular formula is C18H44N4. The monoisotopic (exact) mass is 316 g/mol. The minimum absolute atomic E-state index is 1.24. The predicted molar refractivity (Wildman–Crippen MR) is 102 cm³/mol. The first-order valence-electron chi connectivity index (χ1n) is 9.56. The van der Waals surface area contributed by atoms with Gasteiger partial charge in [0, 0.05) is 65.4 Å². The van der Waals surface area contributed by atoms with Gasteiger partial charge in [0.15, 0.2) is 0 Å². The number of hydrogen-bond donors (Lipinski definition) is 0. The summed E-state index contributed by atoms with van der Waals surface area (Å²) in [6.45, 7) is 24.5. The summed E-state index contributed by atoms with van der Waals surface area (Å²) in [4.78, 5) is 10.1. The van der Waals surface area contributed by atoms with Crippen molar-refractivity contribution in [2.24, 2.45) is 0 Å². The van der Waals surface area contributed by atoms with E-state index < -0.39 is 0 Å². The van der Waals surface area contributed by atoms with Gasteiger partial charge < -0.3 is 9.80 Å². The van der Waals surface area contributed by atoms with Crippen LogP contribution < -0.4 is 0 Å². The van der Waals surface area contributed by atoms with E-state index in [0.29, 0.717) is 0 Å². The summed E-state index contributed by atoms with van der Waals surface area (Å²) < 4.78 is 0. The fourth-order valence-corrected chi connectivity index (χ4v) is 2.43. The Morgan fingerprint density at radius 2 is 0.682 bits per heavy atom. The predicted octanol–water partition coefficient (Wildman–Crippen LogP) is 2.56. The Bertz CT molecular complexity index is 173. The highest BCUT2D eigenvalue weighted by Gasteiger charge is 2.17. The molecule has 0 saturated carbocycles. The first-order valence-corrected chi connectivity index (χ1v) is 9.56. The minimum atomic E-state index is 1.24. The van der Waals surface area contributed by atoms with E-state index in [4.69, 9.17) is 0 Å². The molecule has 0 N–H and O–H groups in total. The molecule has 22 heavy (non-hydrogen) atoms. The SMILES string of the molecule is CC.CC.CC.CN1CCN(CCN2CCN(C)CC2)CC1. The Morgan fingerprint density at radius 3 is 0.909 bits per heavy atom. The Hall–Kier alpha value is -0.160. The molecule has 2 aliphatic heterocycles. The topological polar surface area (TPSA) is 13.0 Å². The summed E-state index contributed by atoms with van der Waals surface area (Å²) in [6.07, 6.45) is 0. The first kappa shape index (κ1) is 24.1. The van der Waals surface area contributed by atoms with Crippen LogP contribution in [0.2, 0.25) is 0 Å². The van der Waals surface area contributed by atoms with E-state index in [2.05, 4.69) is 33.7 Å². The van der Waals surface area contributed by atoms with Crippen LogP contribution in [0.5, 0.6) is 0 Å². The van der Waals surface area contributed by atoms with Crippen molar-refractivity contribution in [3.63, 3.8) is 0 Å². The van der Waals surface area contributed by atoms with Gasteiger partial charge >= 0.3 is 0 Å². The summed E-state index contributed by atoms with van der Waals surface area (Å²) in [6, 6.07) is 0. The molecule has 0 aliphatic carbocycles. The average Bonchev–Trinajstić information content (AvgIpc) is 2.61. The van der Waals surface area contributed by atoms with E-state index in [1.807, 2.05) is 41.5 Å². The molecule has 4 heteroatoms. The molecule has 2 fully saturated rings. The highest BCUT2D eigenvalue weighted by molar-refractivity contribution is 4.73. The first-order chi connectivity index (χ1) is 10.7. The van der Waals surface area contributed by atoms with Gasteiger partial charge in [0.25, 0.3) is 0 Å². The third-order valence-electron chi connectivity index (χ3n) is 3.92. The van der Waals surface area contributed by atoms with E-state index in [1.165, 1.54) is 65.4 Å². The lowest BCUT2D eigenvalue weighted by atomic mass is 10.3. The lowest BCUT2D eigenvalue weighted by molar-refractivity contribution is 0.111. The van der Waals surface area contributed by atoms with Crippen LogP contribution in [0.4, 0.5) is 0 Å². The van der Waals surface area contributed by atoms with Gasteiger partial charge in [0.05, 0.1) is 0 Å². The van der Waals surface area contributed by atoms with Gasteiger partial charge in [-0.25, -0.2) is 0 Å². The van der Waals surface area contributed by atoms with Gasteiger partial charge in [-0.1, -0.05) is 41.5 Å².